The van der Waals surface area contributed by atoms with Gasteiger partial charge in [0, 0.05) is 24.2 Å². The van der Waals surface area contributed by atoms with Crippen molar-refractivity contribution in [1.29, 1.82) is 5.41 Å². The van der Waals surface area contributed by atoms with E-state index >= 15 is 0 Å². The number of likely N-dealkylation sites (tertiary alicyclic amines) is 1. The van der Waals surface area contributed by atoms with Crippen LogP contribution in [0.2, 0.25) is 0 Å². The van der Waals surface area contributed by atoms with E-state index in [1.165, 1.54) is 7.11 Å². The minimum absolute atomic E-state index is 0.0281. The van der Waals surface area contributed by atoms with Crippen LogP contribution in [0.4, 0.5) is 0 Å². The highest BCUT2D eigenvalue weighted by molar-refractivity contribution is 6.22. The number of hydrogen-bond donors (Lipinski definition) is 4. The second-order valence-corrected chi connectivity index (χ2v) is 9.27. The molecular formula is C25H35N5O5. The zero-order valence-electron chi connectivity index (χ0n) is 20.4. The van der Waals surface area contributed by atoms with Crippen molar-refractivity contribution in [3.05, 3.63) is 29.3 Å². The van der Waals surface area contributed by atoms with Gasteiger partial charge in [0.25, 0.3) is 0 Å². The molecule has 2 amide bonds. The van der Waals surface area contributed by atoms with E-state index in [4.69, 9.17) is 21.0 Å². The molecule has 0 aromatic heterocycles. The van der Waals surface area contributed by atoms with Crippen molar-refractivity contribution in [2.24, 2.45) is 16.6 Å². The van der Waals surface area contributed by atoms with Crippen molar-refractivity contribution in [3.63, 3.8) is 0 Å². The molecule has 10 heteroatoms. The standard InChI is InChI=1S/C25H35N5O5/c1-16(28-15-21(31)32)23(33)30-12-6-11-25(30,19-7-4-3-5-8-19)24(34)29-14-18-10-9-17(22(26)27)13-20(18)35-2/h9-10,13,15-16,19H,3-8,11-12,14H2,1-2H3,(H3,26,27)(H,29,34)(H,31,32)/t16-,25+/m0/s1. The SMILES string of the molecule is COc1cc(C(=N)N)ccc1CNC(=O)[C@]1(C2CCCCC2)CCCN1C(=O)[C@H](C)N=CC(=O)O. The third-order valence-electron chi connectivity index (χ3n) is 7.16. The number of aliphatic imine (C=N–C) groups is 1. The molecule has 3 rings (SSSR count). The van der Waals surface area contributed by atoms with E-state index in [0.717, 1.165) is 43.9 Å². The third-order valence-corrected chi connectivity index (χ3v) is 7.16. The zero-order valence-corrected chi connectivity index (χ0v) is 20.4. The summed E-state index contributed by atoms with van der Waals surface area (Å²) in [6.45, 7) is 2.20. The number of carboxylic acid groups (broad SMARTS) is 1. The van der Waals surface area contributed by atoms with Gasteiger partial charge in [-0.1, -0.05) is 31.4 Å². The Labute approximate surface area is 205 Å². The molecule has 1 aliphatic heterocycles. The van der Waals surface area contributed by atoms with Crippen LogP contribution < -0.4 is 15.8 Å². The summed E-state index contributed by atoms with van der Waals surface area (Å²) in [5.74, 6) is -1.28. The van der Waals surface area contributed by atoms with Crippen molar-refractivity contribution >= 4 is 29.8 Å². The molecule has 1 saturated heterocycles. The van der Waals surface area contributed by atoms with E-state index in [-0.39, 0.29) is 30.1 Å². The van der Waals surface area contributed by atoms with Crippen LogP contribution in [0.1, 0.15) is 63.0 Å². The number of nitrogen functional groups attached to an aromatic ring is 1. The lowest BCUT2D eigenvalue weighted by Crippen LogP contribution is -2.63. The van der Waals surface area contributed by atoms with Crippen LogP contribution in [-0.4, -0.2) is 65.1 Å². The molecule has 35 heavy (non-hydrogen) atoms. The highest BCUT2D eigenvalue weighted by Gasteiger charge is 2.54. The molecule has 1 aromatic rings. The molecule has 1 saturated carbocycles. The zero-order chi connectivity index (χ0) is 25.6. The maximum absolute atomic E-state index is 13.9. The van der Waals surface area contributed by atoms with Crippen LogP contribution in [0.3, 0.4) is 0 Å². The highest BCUT2D eigenvalue weighted by atomic mass is 16.5. The number of amidine groups is 1. The van der Waals surface area contributed by atoms with Gasteiger partial charge in [0.05, 0.1) is 7.11 Å². The summed E-state index contributed by atoms with van der Waals surface area (Å²) >= 11 is 0. The number of rotatable bonds is 9. The van der Waals surface area contributed by atoms with Crippen molar-refractivity contribution < 1.29 is 24.2 Å². The van der Waals surface area contributed by atoms with Gasteiger partial charge in [0.15, 0.2) is 0 Å². The number of amides is 2. The maximum atomic E-state index is 13.9. The van der Waals surface area contributed by atoms with E-state index in [1.807, 2.05) is 0 Å². The van der Waals surface area contributed by atoms with Gasteiger partial charge in [-0.25, -0.2) is 4.79 Å². The van der Waals surface area contributed by atoms with E-state index in [2.05, 4.69) is 10.3 Å². The normalized spacial score (nSPS) is 21.6. The van der Waals surface area contributed by atoms with Crippen LogP contribution in [0.15, 0.2) is 23.2 Å². The Balaban J connectivity index is 1.88. The summed E-state index contributed by atoms with van der Waals surface area (Å²) in [7, 11) is 1.52. The van der Waals surface area contributed by atoms with Crippen molar-refractivity contribution in [2.45, 2.75) is 70.0 Å². The summed E-state index contributed by atoms with van der Waals surface area (Å²) in [6, 6.07) is 4.24. The Morgan fingerprint density at radius 2 is 2.03 bits per heavy atom. The van der Waals surface area contributed by atoms with Gasteiger partial charge < -0.3 is 25.8 Å². The Bertz CT molecular complexity index is 1000. The fourth-order valence-electron chi connectivity index (χ4n) is 5.43. The molecule has 2 fully saturated rings. The lowest BCUT2D eigenvalue weighted by atomic mass is 9.72. The molecule has 5 N–H and O–H groups in total. The lowest BCUT2D eigenvalue weighted by molar-refractivity contribution is -0.150. The van der Waals surface area contributed by atoms with Gasteiger partial charge in [-0.2, -0.15) is 0 Å². The summed E-state index contributed by atoms with van der Waals surface area (Å²) in [6.07, 6.45) is 6.84. The van der Waals surface area contributed by atoms with Crippen molar-refractivity contribution in [3.8, 4) is 5.75 Å². The number of carboxylic acids is 1. The van der Waals surface area contributed by atoms with Crippen LogP contribution in [0.25, 0.3) is 0 Å². The van der Waals surface area contributed by atoms with E-state index in [1.54, 1.807) is 30.0 Å². The number of hydrogen-bond acceptors (Lipinski definition) is 6. The molecule has 0 spiro atoms. The molecule has 10 nitrogen and oxygen atoms in total. The Kier molecular flexibility index (Phi) is 8.48. The first-order valence-electron chi connectivity index (χ1n) is 12.1. The number of carbonyl (C=O) groups excluding carboxylic acids is 2. The third kappa shape index (κ3) is 5.63. The number of carbonyl (C=O) groups is 3. The molecule has 0 unspecified atom stereocenters. The van der Waals surface area contributed by atoms with Crippen LogP contribution >= 0.6 is 0 Å². The summed E-state index contributed by atoms with van der Waals surface area (Å²) in [4.78, 5) is 43.7. The van der Waals surface area contributed by atoms with Crippen LogP contribution in [0.5, 0.6) is 5.75 Å². The smallest absolute Gasteiger partial charge is 0.346 e. The van der Waals surface area contributed by atoms with Gasteiger partial charge in [0.1, 0.15) is 29.4 Å². The number of nitrogens with one attached hydrogen (secondary N) is 2. The van der Waals surface area contributed by atoms with Gasteiger partial charge >= 0.3 is 5.97 Å². The number of methoxy groups -OCH3 is 1. The van der Waals surface area contributed by atoms with Gasteiger partial charge in [0.2, 0.25) is 11.8 Å². The molecular weight excluding hydrogens is 450 g/mol. The van der Waals surface area contributed by atoms with Gasteiger partial charge in [-0.05, 0) is 44.6 Å². The first kappa shape index (κ1) is 26.2. The molecule has 190 valence electrons. The Morgan fingerprint density at radius 1 is 1.31 bits per heavy atom. The molecule has 1 heterocycles. The van der Waals surface area contributed by atoms with Gasteiger partial charge in [-0.3, -0.25) is 20.0 Å². The minimum Gasteiger partial charge on any atom is -0.496 e. The molecule has 2 atom stereocenters. The van der Waals surface area contributed by atoms with Crippen LogP contribution in [-0.2, 0) is 20.9 Å². The number of nitrogens with two attached hydrogens (primary N) is 1. The van der Waals surface area contributed by atoms with Crippen molar-refractivity contribution in [2.75, 3.05) is 13.7 Å². The first-order valence-corrected chi connectivity index (χ1v) is 12.1. The van der Waals surface area contributed by atoms with E-state index in [0.29, 0.717) is 30.7 Å². The molecule has 1 aliphatic carbocycles. The molecule has 2 aliphatic rings. The Hall–Kier alpha value is -3.43. The summed E-state index contributed by atoms with van der Waals surface area (Å²) < 4.78 is 5.44. The number of aliphatic carboxylic acids is 1. The highest BCUT2D eigenvalue weighted by Crippen LogP contribution is 2.44. The average molecular weight is 486 g/mol. The molecule has 0 bridgehead atoms. The lowest BCUT2D eigenvalue weighted by Gasteiger charge is -2.45. The van der Waals surface area contributed by atoms with Crippen molar-refractivity contribution in [1.82, 2.24) is 10.2 Å². The number of benzene rings is 1. The largest absolute Gasteiger partial charge is 0.496 e. The fraction of sp³-hybridized carbons (Fsp3) is 0.560. The quantitative estimate of drug-likeness (QED) is 0.310. The average Bonchev–Trinajstić information content (AvgIpc) is 3.31. The predicted molar refractivity (Wildman–Crippen MR) is 132 cm³/mol. The second-order valence-electron chi connectivity index (χ2n) is 9.27. The summed E-state index contributed by atoms with van der Waals surface area (Å²) in [5.41, 5.74) is 5.85. The minimum atomic E-state index is -1.22. The van der Waals surface area contributed by atoms with E-state index in [9.17, 15) is 14.4 Å². The van der Waals surface area contributed by atoms with Crippen LogP contribution in [0, 0.1) is 11.3 Å². The van der Waals surface area contributed by atoms with Gasteiger partial charge in [-0.15, -0.1) is 0 Å². The maximum Gasteiger partial charge on any atom is 0.346 e. The first-order chi connectivity index (χ1) is 16.7. The Morgan fingerprint density at radius 3 is 2.66 bits per heavy atom. The molecule has 0 radical (unpaired) electrons. The topological polar surface area (TPSA) is 158 Å². The molecule has 1 aromatic carbocycles. The van der Waals surface area contributed by atoms with E-state index < -0.39 is 17.6 Å². The number of ether oxygens (including phenoxy) is 1. The predicted octanol–water partition coefficient (Wildman–Crippen LogP) is 2.08. The second kappa shape index (κ2) is 11.3. The monoisotopic (exact) mass is 485 g/mol. The summed E-state index contributed by atoms with van der Waals surface area (Å²) in [5, 5.41) is 19.6. The number of nitrogens with zero attached hydrogens (tertiary/aromatic N) is 2. The fourth-order valence-corrected chi connectivity index (χ4v) is 5.43.